The van der Waals surface area contributed by atoms with Crippen LogP contribution in [0, 0.1) is 5.82 Å². The summed E-state index contributed by atoms with van der Waals surface area (Å²) in [5.41, 5.74) is 0.735. The molecule has 0 radical (unpaired) electrons. The summed E-state index contributed by atoms with van der Waals surface area (Å²) < 4.78 is 18.5. The molecule has 1 fully saturated rings. The summed E-state index contributed by atoms with van der Waals surface area (Å²) in [6.45, 7) is 0.257. The fraction of sp³-hybridized carbons (Fsp3) is 0.0500. The Morgan fingerprint density at radius 3 is 2.71 bits per heavy atom. The van der Waals surface area contributed by atoms with E-state index >= 15 is 0 Å². The van der Waals surface area contributed by atoms with Crippen LogP contribution in [-0.4, -0.2) is 22.2 Å². The van der Waals surface area contributed by atoms with Gasteiger partial charge in [0.2, 0.25) is 0 Å². The molecule has 0 bridgehead atoms. The van der Waals surface area contributed by atoms with E-state index in [4.69, 9.17) is 4.42 Å². The molecular weight excluding hydrogens is 397 g/mol. The van der Waals surface area contributed by atoms with Crippen LogP contribution in [-0.2, 0) is 11.3 Å². The summed E-state index contributed by atoms with van der Waals surface area (Å²) in [5, 5.41) is 10.8. The van der Waals surface area contributed by atoms with Crippen LogP contribution in [0.4, 0.5) is 4.39 Å². The molecule has 8 heteroatoms. The molecule has 0 atom stereocenters. The summed E-state index contributed by atoms with van der Waals surface area (Å²) in [4.78, 5) is 15.9. The van der Waals surface area contributed by atoms with Gasteiger partial charge in [-0.05, 0) is 59.1 Å². The number of nitrogens with zero attached hydrogens (tertiary/aromatic N) is 3. The number of benzene rings is 1. The molecule has 0 saturated carbocycles. The first-order valence-corrected chi connectivity index (χ1v) is 10.0. The van der Waals surface area contributed by atoms with E-state index in [1.807, 2.05) is 17.5 Å². The summed E-state index contributed by atoms with van der Waals surface area (Å²) in [7, 11) is 0. The first-order chi connectivity index (χ1) is 13.7. The normalized spacial score (nSPS) is 17.5. The number of carbonyl (C=O) groups excluding carboxylic acids is 1. The third-order valence-electron chi connectivity index (χ3n) is 3.82. The van der Waals surface area contributed by atoms with E-state index in [9.17, 15) is 9.18 Å². The fourth-order valence-corrected chi connectivity index (χ4v) is 4.00. The van der Waals surface area contributed by atoms with Crippen molar-refractivity contribution in [2.75, 3.05) is 0 Å². The van der Waals surface area contributed by atoms with Crippen molar-refractivity contribution in [2.24, 2.45) is 10.2 Å². The van der Waals surface area contributed by atoms with Crippen molar-refractivity contribution < 1.29 is 13.6 Å². The maximum absolute atomic E-state index is 13.1. The lowest BCUT2D eigenvalue weighted by Crippen LogP contribution is -2.28. The monoisotopic (exact) mass is 411 g/mol. The minimum absolute atomic E-state index is 0.198. The number of amides is 1. The Kier molecular flexibility index (Phi) is 5.50. The predicted molar refractivity (Wildman–Crippen MR) is 111 cm³/mol. The summed E-state index contributed by atoms with van der Waals surface area (Å²) in [6, 6.07) is 13.4. The highest BCUT2D eigenvalue weighted by atomic mass is 32.2. The maximum Gasteiger partial charge on any atom is 0.267 e. The molecule has 0 unspecified atom stereocenters. The second-order valence-electron chi connectivity index (χ2n) is 5.78. The molecule has 2 aromatic heterocycles. The first kappa shape index (κ1) is 18.4. The van der Waals surface area contributed by atoms with Gasteiger partial charge >= 0.3 is 0 Å². The van der Waals surface area contributed by atoms with Gasteiger partial charge in [-0.1, -0.05) is 18.2 Å². The number of furan rings is 1. The van der Waals surface area contributed by atoms with Crippen LogP contribution in [0.25, 0.3) is 6.08 Å². The van der Waals surface area contributed by atoms with Gasteiger partial charge in [0.1, 0.15) is 11.6 Å². The minimum atomic E-state index is -0.322. The number of halogens is 1. The number of amidine groups is 1. The highest BCUT2D eigenvalue weighted by Gasteiger charge is 2.34. The summed E-state index contributed by atoms with van der Waals surface area (Å²) >= 11 is 2.78. The van der Waals surface area contributed by atoms with Crippen LogP contribution in [0.15, 0.2) is 79.7 Å². The van der Waals surface area contributed by atoms with E-state index in [-0.39, 0.29) is 18.3 Å². The topological polar surface area (TPSA) is 58.2 Å². The Morgan fingerprint density at radius 1 is 1.14 bits per heavy atom. The number of carbonyl (C=O) groups is 1. The second-order valence-corrected chi connectivity index (χ2v) is 7.76. The number of thioether (sulfide) groups is 1. The SMILES string of the molecule is O=C1/C(=C/c2ccc(F)cc2)S/C(=N\N=C\c2cccs2)N1Cc1ccco1. The molecule has 1 aliphatic rings. The van der Waals surface area contributed by atoms with Crippen molar-refractivity contribution in [2.45, 2.75) is 6.54 Å². The van der Waals surface area contributed by atoms with Crippen LogP contribution in [0.3, 0.4) is 0 Å². The number of thiophene rings is 1. The minimum Gasteiger partial charge on any atom is -0.467 e. The van der Waals surface area contributed by atoms with Crippen LogP contribution in [0.2, 0.25) is 0 Å². The molecule has 4 rings (SSSR count). The molecule has 0 aliphatic carbocycles. The molecule has 0 spiro atoms. The fourth-order valence-electron chi connectivity index (χ4n) is 2.49. The Morgan fingerprint density at radius 2 is 2.00 bits per heavy atom. The Bertz CT molecular complexity index is 1040. The third kappa shape index (κ3) is 4.29. The van der Waals surface area contributed by atoms with Crippen molar-refractivity contribution in [3.63, 3.8) is 0 Å². The van der Waals surface area contributed by atoms with Gasteiger partial charge in [-0.3, -0.25) is 9.69 Å². The molecule has 140 valence electrons. The zero-order chi connectivity index (χ0) is 19.3. The number of hydrogen-bond donors (Lipinski definition) is 0. The molecule has 28 heavy (non-hydrogen) atoms. The van der Waals surface area contributed by atoms with Crippen molar-refractivity contribution in [3.8, 4) is 0 Å². The van der Waals surface area contributed by atoms with Crippen molar-refractivity contribution in [1.82, 2.24) is 4.90 Å². The van der Waals surface area contributed by atoms with E-state index in [1.165, 1.54) is 28.8 Å². The summed E-state index contributed by atoms with van der Waals surface area (Å²) in [5.74, 6) is 0.125. The van der Waals surface area contributed by atoms with E-state index in [2.05, 4.69) is 10.2 Å². The van der Waals surface area contributed by atoms with Gasteiger partial charge in [0.25, 0.3) is 5.91 Å². The zero-order valence-electron chi connectivity index (χ0n) is 14.5. The number of rotatable bonds is 5. The quantitative estimate of drug-likeness (QED) is 0.338. The Labute approximate surface area is 168 Å². The second kappa shape index (κ2) is 8.37. The lowest BCUT2D eigenvalue weighted by atomic mass is 10.2. The molecule has 1 aliphatic heterocycles. The molecule has 5 nitrogen and oxygen atoms in total. The third-order valence-corrected chi connectivity index (χ3v) is 5.63. The van der Waals surface area contributed by atoms with Crippen LogP contribution >= 0.6 is 23.1 Å². The van der Waals surface area contributed by atoms with Crippen LogP contribution in [0.5, 0.6) is 0 Å². The molecular formula is C20H14FN3O2S2. The van der Waals surface area contributed by atoms with Gasteiger partial charge in [-0.15, -0.1) is 16.4 Å². The van der Waals surface area contributed by atoms with Crippen LogP contribution < -0.4 is 0 Å². The Hall–Kier alpha value is -2.97. The lowest BCUT2D eigenvalue weighted by molar-refractivity contribution is -0.122. The van der Waals surface area contributed by atoms with Gasteiger partial charge in [0.15, 0.2) is 5.17 Å². The maximum atomic E-state index is 13.1. The standard InChI is InChI=1S/C20H14FN3O2S2/c21-15-7-5-14(6-8-15)11-18-19(25)24(13-16-3-1-9-26-16)20(28-18)23-22-12-17-4-2-10-27-17/h1-12H,13H2/b18-11-,22-12+,23-20-. The van der Waals surface area contributed by atoms with Gasteiger partial charge in [-0.25, -0.2) is 4.39 Å². The van der Waals surface area contributed by atoms with Gasteiger partial charge in [0, 0.05) is 4.88 Å². The molecule has 1 aromatic carbocycles. The molecule has 1 amide bonds. The van der Waals surface area contributed by atoms with E-state index in [0.717, 1.165) is 10.4 Å². The van der Waals surface area contributed by atoms with Gasteiger partial charge in [0.05, 0.1) is 23.9 Å². The molecule has 3 aromatic rings. The number of hydrogen-bond acceptors (Lipinski definition) is 6. The molecule has 1 saturated heterocycles. The smallest absolute Gasteiger partial charge is 0.267 e. The van der Waals surface area contributed by atoms with Crippen molar-refractivity contribution >= 4 is 46.5 Å². The zero-order valence-corrected chi connectivity index (χ0v) is 16.1. The lowest BCUT2D eigenvalue weighted by Gasteiger charge is -2.12. The average molecular weight is 411 g/mol. The largest absolute Gasteiger partial charge is 0.467 e. The Balaban J connectivity index is 1.61. The van der Waals surface area contributed by atoms with Crippen molar-refractivity contribution in [1.29, 1.82) is 0 Å². The van der Waals surface area contributed by atoms with Gasteiger partial charge < -0.3 is 4.42 Å². The van der Waals surface area contributed by atoms with E-state index < -0.39 is 0 Å². The summed E-state index contributed by atoms with van der Waals surface area (Å²) in [6.07, 6.45) is 4.92. The predicted octanol–water partition coefficient (Wildman–Crippen LogP) is 4.99. The van der Waals surface area contributed by atoms with Crippen LogP contribution in [0.1, 0.15) is 16.2 Å². The van der Waals surface area contributed by atoms with E-state index in [0.29, 0.717) is 15.8 Å². The van der Waals surface area contributed by atoms with Gasteiger partial charge in [-0.2, -0.15) is 5.10 Å². The first-order valence-electron chi connectivity index (χ1n) is 8.33. The highest BCUT2D eigenvalue weighted by Crippen LogP contribution is 2.33. The molecule has 3 heterocycles. The van der Waals surface area contributed by atoms with Crippen molar-refractivity contribution in [3.05, 3.63) is 87.1 Å². The molecule has 0 N–H and O–H groups in total. The average Bonchev–Trinajstić information content (AvgIpc) is 3.44. The van der Waals surface area contributed by atoms with E-state index in [1.54, 1.807) is 54.2 Å². The highest BCUT2D eigenvalue weighted by molar-refractivity contribution is 8.18.